The van der Waals surface area contributed by atoms with E-state index < -0.39 is 11.0 Å². The summed E-state index contributed by atoms with van der Waals surface area (Å²) in [6.07, 6.45) is 5.55. The molecule has 0 saturated carbocycles. The average Bonchev–Trinajstić information content (AvgIpc) is 3.23. The van der Waals surface area contributed by atoms with E-state index in [1.165, 1.54) is 0 Å². The second kappa shape index (κ2) is 8.75. The number of aliphatic hydroxyl groups is 1. The summed E-state index contributed by atoms with van der Waals surface area (Å²) in [5.74, 6) is 2.40. The summed E-state index contributed by atoms with van der Waals surface area (Å²) < 4.78 is 2.09. The number of aromatic nitrogens is 4. The number of hydrogen-bond donors (Lipinski definition) is 2. The first-order valence-corrected chi connectivity index (χ1v) is 13.4. The normalized spacial score (nSPS) is 28.6. The van der Waals surface area contributed by atoms with E-state index in [1.807, 2.05) is 51.5 Å². The van der Waals surface area contributed by atoms with E-state index >= 15 is 0 Å². The number of aryl methyl sites for hydroxylation is 1. The summed E-state index contributed by atoms with van der Waals surface area (Å²) in [5, 5.41) is 16.8. The van der Waals surface area contributed by atoms with Gasteiger partial charge in [0.15, 0.2) is 0 Å². The molecule has 0 amide bonds. The first kappa shape index (κ1) is 27.1. The zero-order valence-corrected chi connectivity index (χ0v) is 24.6. The van der Waals surface area contributed by atoms with Gasteiger partial charge in [-0.3, -0.25) is 0 Å². The Bertz CT molecular complexity index is 1580. The van der Waals surface area contributed by atoms with Gasteiger partial charge in [0.1, 0.15) is 46.7 Å². The Labute approximate surface area is 234 Å². The summed E-state index contributed by atoms with van der Waals surface area (Å²) in [6.45, 7) is 14.7. The highest BCUT2D eigenvalue weighted by Crippen LogP contribution is 2.68. The lowest BCUT2D eigenvalue weighted by atomic mass is 9.37. The van der Waals surface area contributed by atoms with Gasteiger partial charge in [-0.1, -0.05) is 32.6 Å². The van der Waals surface area contributed by atoms with Gasteiger partial charge >= 0.3 is 0 Å². The Balaban J connectivity index is 1.45. The van der Waals surface area contributed by atoms with Gasteiger partial charge in [-0.05, 0) is 61.1 Å². The molecule has 1 saturated heterocycles. The number of fused-ring (bicyclic) bond motifs is 1. The lowest BCUT2D eigenvalue weighted by molar-refractivity contribution is 0.0325. The van der Waals surface area contributed by atoms with Crippen LogP contribution in [0.25, 0.3) is 27.7 Å². The van der Waals surface area contributed by atoms with Gasteiger partial charge < -0.3 is 19.9 Å². The SMILES string of the molecule is BC1(C)N(c2cc(C(=C)Nc3cc4cc(-c5cnc(C)n5C)ccc4cn3)ccn2)C(C)(O)C(B)(C)C1(B)C. The van der Waals surface area contributed by atoms with Crippen molar-refractivity contribution in [3.8, 4) is 11.3 Å². The minimum atomic E-state index is -1.11. The van der Waals surface area contributed by atoms with Crippen LogP contribution in [0.15, 0.2) is 61.6 Å². The largest absolute Gasteiger partial charge is 0.371 e. The second-order valence-electron chi connectivity index (χ2n) is 12.6. The molecule has 7 nitrogen and oxygen atoms in total. The van der Waals surface area contributed by atoms with Gasteiger partial charge in [0.2, 0.25) is 0 Å². The molecule has 0 aliphatic carbocycles. The van der Waals surface area contributed by atoms with E-state index in [9.17, 15) is 5.11 Å². The van der Waals surface area contributed by atoms with Crippen molar-refractivity contribution in [1.29, 1.82) is 0 Å². The highest BCUT2D eigenvalue weighted by molar-refractivity contribution is 6.35. The summed E-state index contributed by atoms with van der Waals surface area (Å²) in [5.41, 5.74) is 2.30. The zero-order chi connectivity index (χ0) is 28.5. The lowest BCUT2D eigenvalue weighted by Gasteiger charge is -2.45. The van der Waals surface area contributed by atoms with E-state index in [1.54, 1.807) is 6.20 Å². The zero-order valence-electron chi connectivity index (χ0n) is 24.6. The molecule has 4 atom stereocenters. The molecule has 0 radical (unpaired) electrons. The van der Waals surface area contributed by atoms with Crippen LogP contribution in [0.3, 0.4) is 0 Å². The minimum Gasteiger partial charge on any atom is -0.371 e. The van der Waals surface area contributed by atoms with Crippen molar-refractivity contribution in [2.45, 2.75) is 56.4 Å². The Morgan fingerprint density at radius 1 is 0.923 bits per heavy atom. The van der Waals surface area contributed by atoms with E-state index in [2.05, 4.69) is 93.8 Å². The van der Waals surface area contributed by atoms with Gasteiger partial charge in [-0.15, -0.1) is 0 Å². The number of hydrogen-bond acceptors (Lipinski definition) is 6. The van der Waals surface area contributed by atoms with Crippen LogP contribution in [0, 0.1) is 6.92 Å². The van der Waals surface area contributed by atoms with E-state index in [4.69, 9.17) is 4.98 Å². The van der Waals surface area contributed by atoms with Crippen LogP contribution in [-0.2, 0) is 7.05 Å². The molecule has 4 aromatic rings. The van der Waals surface area contributed by atoms with Crippen molar-refractivity contribution in [3.63, 3.8) is 0 Å². The highest BCUT2D eigenvalue weighted by atomic mass is 16.3. The predicted molar refractivity (Wildman–Crippen MR) is 169 cm³/mol. The number of pyridine rings is 2. The molecule has 3 aromatic heterocycles. The Kier molecular flexibility index (Phi) is 6.07. The number of imidazole rings is 1. The molecule has 5 rings (SSSR count). The number of nitrogens with one attached hydrogen (secondary N) is 1. The molecule has 4 heterocycles. The van der Waals surface area contributed by atoms with Crippen LogP contribution < -0.4 is 10.2 Å². The summed E-state index contributed by atoms with van der Waals surface area (Å²) in [4.78, 5) is 15.8. The smallest absolute Gasteiger partial charge is 0.134 e. The van der Waals surface area contributed by atoms with Crippen LogP contribution in [0.4, 0.5) is 11.6 Å². The standard InChI is InChI=1S/C29H37B3N6O/c1-17(19-10-11-33-25(14-19)38-28(5,32)26(3,30)27(4,31)29(38,6)39)36-24-13-22-12-20(8-9-21(22)15-35-24)23-16-34-18(2)37(23)7/h8-16,39H,1,30-32H2,2-7H3,(H,35,36). The van der Waals surface area contributed by atoms with Crippen molar-refractivity contribution in [2.24, 2.45) is 7.05 Å². The van der Waals surface area contributed by atoms with Gasteiger partial charge in [0, 0.05) is 47.1 Å². The highest BCUT2D eigenvalue weighted by Gasteiger charge is 2.68. The van der Waals surface area contributed by atoms with Crippen molar-refractivity contribution < 1.29 is 5.11 Å². The molecule has 10 heteroatoms. The van der Waals surface area contributed by atoms with Crippen molar-refractivity contribution in [2.75, 3.05) is 10.2 Å². The second-order valence-corrected chi connectivity index (χ2v) is 12.6. The molecule has 198 valence electrons. The van der Waals surface area contributed by atoms with Gasteiger partial charge in [-0.2, -0.15) is 0 Å². The quantitative estimate of drug-likeness (QED) is 0.396. The third-order valence-electron chi connectivity index (χ3n) is 10.1. The maximum atomic E-state index is 11.8. The monoisotopic (exact) mass is 518 g/mol. The van der Waals surface area contributed by atoms with E-state index in [-0.39, 0.29) is 10.8 Å². The maximum absolute atomic E-state index is 11.8. The topological polar surface area (TPSA) is 79.1 Å². The summed E-state index contributed by atoms with van der Waals surface area (Å²) >= 11 is 0. The van der Waals surface area contributed by atoms with E-state index in [0.29, 0.717) is 17.3 Å². The molecule has 0 spiro atoms. The number of rotatable bonds is 5. The molecule has 2 N–H and O–H groups in total. The fourth-order valence-electron chi connectivity index (χ4n) is 6.06. The molecule has 0 bridgehead atoms. The molecular weight excluding hydrogens is 481 g/mol. The molecule has 1 fully saturated rings. The number of nitrogens with zero attached hydrogens (tertiary/aromatic N) is 5. The first-order chi connectivity index (χ1) is 18.1. The van der Waals surface area contributed by atoms with Crippen LogP contribution >= 0.6 is 0 Å². The van der Waals surface area contributed by atoms with Gasteiger partial charge in [0.05, 0.1) is 11.9 Å². The third kappa shape index (κ3) is 3.91. The summed E-state index contributed by atoms with van der Waals surface area (Å²) in [7, 11) is 8.56. The average molecular weight is 518 g/mol. The minimum absolute atomic E-state index is 0.196. The van der Waals surface area contributed by atoms with Crippen LogP contribution in [0.2, 0.25) is 10.6 Å². The molecule has 1 aliphatic rings. The van der Waals surface area contributed by atoms with Crippen molar-refractivity contribution in [1.82, 2.24) is 19.5 Å². The molecule has 39 heavy (non-hydrogen) atoms. The number of benzene rings is 1. The fraction of sp³-hybridized carbons (Fsp3) is 0.345. The van der Waals surface area contributed by atoms with Crippen LogP contribution in [0.5, 0.6) is 0 Å². The van der Waals surface area contributed by atoms with Crippen LogP contribution in [0.1, 0.15) is 39.1 Å². The number of anilines is 2. The lowest BCUT2D eigenvalue weighted by Crippen LogP contribution is -2.55. The first-order valence-electron chi connectivity index (χ1n) is 13.4. The fourth-order valence-corrected chi connectivity index (χ4v) is 6.06. The Morgan fingerprint density at radius 2 is 1.64 bits per heavy atom. The Morgan fingerprint density at radius 3 is 2.26 bits per heavy atom. The molecule has 1 aliphatic heterocycles. The van der Waals surface area contributed by atoms with Gasteiger partial charge in [0.25, 0.3) is 0 Å². The van der Waals surface area contributed by atoms with E-state index in [0.717, 1.165) is 33.4 Å². The molecule has 4 unspecified atom stereocenters. The summed E-state index contributed by atoms with van der Waals surface area (Å²) in [6, 6.07) is 12.3. The van der Waals surface area contributed by atoms with Crippen molar-refractivity contribution in [3.05, 3.63) is 73.0 Å². The van der Waals surface area contributed by atoms with Crippen molar-refractivity contribution >= 4 is 51.6 Å². The molecular formula is C29H37B3N6O. The maximum Gasteiger partial charge on any atom is 0.134 e. The Hall–Kier alpha value is -3.52. The molecule has 1 aromatic carbocycles. The van der Waals surface area contributed by atoms with Gasteiger partial charge in [-0.25, -0.2) is 15.0 Å². The third-order valence-corrected chi connectivity index (χ3v) is 10.1. The van der Waals surface area contributed by atoms with Crippen LogP contribution in [-0.4, -0.2) is 59.3 Å². The predicted octanol–water partition coefficient (Wildman–Crippen LogP) is 2.92.